The Morgan fingerprint density at radius 2 is 1.95 bits per heavy atom. The second-order valence-electron chi connectivity index (χ2n) is 4.66. The zero-order chi connectivity index (χ0) is 15.9. The fourth-order valence-electron chi connectivity index (χ4n) is 1.83. The Morgan fingerprint density at radius 3 is 2.48 bits per heavy atom. The molecule has 0 aromatic heterocycles. The van der Waals surface area contributed by atoms with Crippen LogP contribution in [0.15, 0.2) is 24.3 Å². The van der Waals surface area contributed by atoms with E-state index in [1.807, 2.05) is 6.92 Å². The normalized spacial score (nSPS) is 12.9. The number of carboxylic acids is 1. The first-order chi connectivity index (χ1) is 9.84. The maximum Gasteiger partial charge on any atom is 0.303 e. The van der Waals surface area contributed by atoms with E-state index in [9.17, 15) is 13.2 Å². The zero-order valence-electron chi connectivity index (χ0n) is 12.2. The summed E-state index contributed by atoms with van der Waals surface area (Å²) in [5.74, 6) is -0.455. The highest BCUT2D eigenvalue weighted by molar-refractivity contribution is 7.89. The summed E-state index contributed by atoms with van der Waals surface area (Å²) in [7, 11) is -3.49. The van der Waals surface area contributed by atoms with Crippen molar-refractivity contribution in [3.8, 4) is 5.75 Å². The number of hydrogen-bond acceptors (Lipinski definition) is 4. The number of sulfonamides is 1. The molecule has 0 aliphatic carbocycles. The van der Waals surface area contributed by atoms with Crippen LogP contribution in [-0.4, -0.2) is 31.9 Å². The van der Waals surface area contributed by atoms with Gasteiger partial charge in [-0.15, -0.1) is 0 Å². The molecule has 0 aliphatic rings. The SMILES string of the molecule is CCOc1ccc(C(C)NS(=O)(=O)CCCC(=O)O)cc1. The summed E-state index contributed by atoms with van der Waals surface area (Å²) in [6, 6.07) is 6.79. The third-order valence-corrected chi connectivity index (χ3v) is 4.39. The van der Waals surface area contributed by atoms with Gasteiger partial charge >= 0.3 is 5.97 Å². The summed E-state index contributed by atoms with van der Waals surface area (Å²) in [4.78, 5) is 10.4. The molecule has 1 atom stereocenters. The van der Waals surface area contributed by atoms with Crippen molar-refractivity contribution in [3.05, 3.63) is 29.8 Å². The molecule has 0 saturated heterocycles. The van der Waals surface area contributed by atoms with Crippen LogP contribution < -0.4 is 9.46 Å². The lowest BCUT2D eigenvalue weighted by Gasteiger charge is -2.15. The number of carbonyl (C=O) groups is 1. The Morgan fingerprint density at radius 1 is 1.33 bits per heavy atom. The Balaban J connectivity index is 2.58. The summed E-state index contributed by atoms with van der Waals surface area (Å²) < 4.78 is 31.5. The van der Waals surface area contributed by atoms with Gasteiger partial charge in [0.15, 0.2) is 0 Å². The summed E-state index contributed by atoms with van der Waals surface area (Å²) in [5.41, 5.74) is 0.820. The molecule has 118 valence electrons. The monoisotopic (exact) mass is 315 g/mol. The summed E-state index contributed by atoms with van der Waals surface area (Å²) in [6.07, 6.45) is -0.0565. The van der Waals surface area contributed by atoms with Crippen LogP contribution in [0.25, 0.3) is 0 Å². The van der Waals surface area contributed by atoms with Gasteiger partial charge in [-0.25, -0.2) is 13.1 Å². The highest BCUT2D eigenvalue weighted by atomic mass is 32.2. The molecule has 2 N–H and O–H groups in total. The van der Waals surface area contributed by atoms with Crippen LogP contribution in [0.2, 0.25) is 0 Å². The molecule has 21 heavy (non-hydrogen) atoms. The lowest BCUT2D eigenvalue weighted by atomic mass is 10.1. The second-order valence-corrected chi connectivity index (χ2v) is 6.53. The lowest BCUT2D eigenvalue weighted by Crippen LogP contribution is -2.29. The average molecular weight is 315 g/mol. The van der Waals surface area contributed by atoms with Crippen LogP contribution in [0.5, 0.6) is 5.75 Å². The predicted molar refractivity (Wildman–Crippen MR) is 79.8 cm³/mol. The van der Waals surface area contributed by atoms with E-state index in [2.05, 4.69) is 4.72 Å². The average Bonchev–Trinajstić information content (AvgIpc) is 2.38. The molecule has 1 unspecified atom stereocenters. The van der Waals surface area contributed by atoms with Crippen LogP contribution in [0, 0.1) is 0 Å². The maximum atomic E-state index is 11.8. The molecular weight excluding hydrogens is 294 g/mol. The standard InChI is InChI=1S/C14H21NO5S/c1-3-20-13-8-6-12(7-9-13)11(2)15-21(18,19)10-4-5-14(16)17/h6-9,11,15H,3-5,10H2,1-2H3,(H,16,17). The molecule has 1 rings (SSSR count). The molecule has 0 aliphatic heterocycles. The van der Waals surface area contributed by atoms with E-state index < -0.39 is 16.0 Å². The van der Waals surface area contributed by atoms with Gasteiger partial charge < -0.3 is 9.84 Å². The minimum Gasteiger partial charge on any atom is -0.494 e. The summed E-state index contributed by atoms with van der Waals surface area (Å²) >= 11 is 0. The Kier molecular flexibility index (Phi) is 6.64. The van der Waals surface area contributed by atoms with E-state index in [-0.39, 0.29) is 24.6 Å². The number of aliphatic carboxylic acids is 1. The largest absolute Gasteiger partial charge is 0.494 e. The molecule has 1 aromatic rings. The minimum absolute atomic E-state index is 0.0979. The van der Waals surface area contributed by atoms with E-state index >= 15 is 0 Å². The van der Waals surface area contributed by atoms with Crippen molar-refractivity contribution in [2.45, 2.75) is 32.7 Å². The molecule has 0 heterocycles. The number of nitrogens with one attached hydrogen (secondary N) is 1. The van der Waals surface area contributed by atoms with E-state index in [0.717, 1.165) is 11.3 Å². The van der Waals surface area contributed by atoms with Gasteiger partial charge in [0, 0.05) is 12.5 Å². The number of ether oxygens (including phenoxy) is 1. The quantitative estimate of drug-likeness (QED) is 0.726. The van der Waals surface area contributed by atoms with Gasteiger partial charge in [-0.05, 0) is 38.0 Å². The first-order valence-corrected chi connectivity index (χ1v) is 8.44. The molecule has 0 amide bonds. The van der Waals surface area contributed by atoms with Crippen LogP contribution >= 0.6 is 0 Å². The molecule has 0 radical (unpaired) electrons. The van der Waals surface area contributed by atoms with E-state index in [4.69, 9.17) is 9.84 Å². The molecular formula is C14H21NO5S. The Hall–Kier alpha value is -1.60. The van der Waals surface area contributed by atoms with E-state index in [1.165, 1.54) is 0 Å². The highest BCUT2D eigenvalue weighted by Gasteiger charge is 2.16. The molecule has 7 heteroatoms. The van der Waals surface area contributed by atoms with Crippen LogP contribution in [0.3, 0.4) is 0 Å². The van der Waals surface area contributed by atoms with Crippen molar-refractivity contribution in [3.63, 3.8) is 0 Å². The molecule has 1 aromatic carbocycles. The Labute approximate surface area is 125 Å². The van der Waals surface area contributed by atoms with E-state index in [1.54, 1.807) is 31.2 Å². The number of carboxylic acid groups (broad SMARTS) is 1. The molecule has 0 bridgehead atoms. The van der Waals surface area contributed by atoms with Gasteiger partial charge in [-0.1, -0.05) is 12.1 Å². The van der Waals surface area contributed by atoms with Gasteiger partial charge in [-0.2, -0.15) is 0 Å². The number of rotatable bonds is 9. The number of hydrogen-bond donors (Lipinski definition) is 2. The van der Waals surface area contributed by atoms with Crippen molar-refractivity contribution in [2.24, 2.45) is 0 Å². The smallest absolute Gasteiger partial charge is 0.303 e. The van der Waals surface area contributed by atoms with Gasteiger partial charge in [-0.3, -0.25) is 4.79 Å². The molecule has 0 saturated carbocycles. The number of benzene rings is 1. The third-order valence-electron chi connectivity index (χ3n) is 2.85. The van der Waals surface area contributed by atoms with Crippen molar-refractivity contribution in [2.75, 3.05) is 12.4 Å². The second kappa shape index (κ2) is 7.99. The molecule has 0 spiro atoms. The first kappa shape index (κ1) is 17.5. The lowest BCUT2D eigenvalue weighted by molar-refractivity contribution is -0.137. The van der Waals surface area contributed by atoms with Crippen molar-refractivity contribution < 1.29 is 23.1 Å². The van der Waals surface area contributed by atoms with Gasteiger partial charge in [0.2, 0.25) is 10.0 Å². The maximum absolute atomic E-state index is 11.8. The predicted octanol–water partition coefficient (Wildman–Crippen LogP) is 1.93. The van der Waals surface area contributed by atoms with Crippen LogP contribution in [-0.2, 0) is 14.8 Å². The van der Waals surface area contributed by atoms with Crippen molar-refractivity contribution >= 4 is 16.0 Å². The Bertz CT molecular complexity index is 553. The topological polar surface area (TPSA) is 92.7 Å². The van der Waals surface area contributed by atoms with E-state index in [0.29, 0.717) is 6.61 Å². The fourth-order valence-corrected chi connectivity index (χ4v) is 3.15. The third kappa shape index (κ3) is 6.59. The van der Waals surface area contributed by atoms with Crippen molar-refractivity contribution in [1.29, 1.82) is 0 Å². The van der Waals surface area contributed by atoms with Crippen LogP contribution in [0.4, 0.5) is 0 Å². The van der Waals surface area contributed by atoms with Gasteiger partial charge in [0.05, 0.1) is 12.4 Å². The van der Waals surface area contributed by atoms with Crippen molar-refractivity contribution in [1.82, 2.24) is 4.72 Å². The molecule has 0 fully saturated rings. The highest BCUT2D eigenvalue weighted by Crippen LogP contribution is 2.18. The van der Waals surface area contributed by atoms with Crippen LogP contribution in [0.1, 0.15) is 38.3 Å². The van der Waals surface area contributed by atoms with Gasteiger partial charge in [0.1, 0.15) is 5.75 Å². The summed E-state index contributed by atoms with van der Waals surface area (Å²) in [5, 5.41) is 8.51. The fraction of sp³-hybridized carbons (Fsp3) is 0.500. The molecule has 6 nitrogen and oxygen atoms in total. The first-order valence-electron chi connectivity index (χ1n) is 6.78. The summed E-state index contributed by atoms with van der Waals surface area (Å²) in [6.45, 7) is 4.21. The zero-order valence-corrected chi connectivity index (χ0v) is 13.0. The van der Waals surface area contributed by atoms with Gasteiger partial charge in [0.25, 0.3) is 0 Å². The minimum atomic E-state index is -3.49.